The fourth-order valence-electron chi connectivity index (χ4n) is 2.82. The summed E-state index contributed by atoms with van der Waals surface area (Å²) < 4.78 is 85.3. The summed E-state index contributed by atoms with van der Waals surface area (Å²) in [6.07, 6.45) is -10.2. The van der Waals surface area contributed by atoms with Gasteiger partial charge in [0.25, 0.3) is 0 Å². The van der Waals surface area contributed by atoms with Crippen molar-refractivity contribution in [2.75, 3.05) is 6.54 Å². The molecule has 1 N–H and O–H groups in total. The molecule has 2 heterocycles. The molecule has 0 spiro atoms. The van der Waals surface area contributed by atoms with Crippen molar-refractivity contribution in [1.82, 2.24) is 10.3 Å². The fraction of sp³-hybridized carbons (Fsp3) is 0.333. The predicted octanol–water partition coefficient (Wildman–Crippen LogP) is 4.70. The number of ether oxygens (including phenoxy) is 2. The molecule has 2 unspecified atom stereocenters. The van der Waals surface area contributed by atoms with Crippen LogP contribution in [-0.2, 0) is 15.7 Å². The van der Waals surface area contributed by atoms with Gasteiger partial charge in [-0.15, -0.1) is 0 Å². The van der Waals surface area contributed by atoms with E-state index in [0.717, 1.165) is 18.3 Å². The van der Waals surface area contributed by atoms with E-state index in [1.807, 2.05) is 6.92 Å². The molecule has 2 atom stereocenters. The van der Waals surface area contributed by atoms with Gasteiger partial charge in [0.05, 0.1) is 6.20 Å². The Labute approximate surface area is 160 Å². The van der Waals surface area contributed by atoms with E-state index in [2.05, 4.69) is 15.0 Å². The molecule has 11 heteroatoms. The van der Waals surface area contributed by atoms with Gasteiger partial charge < -0.3 is 9.47 Å². The van der Waals surface area contributed by atoms with Crippen LogP contribution in [0.4, 0.5) is 26.3 Å². The summed E-state index contributed by atoms with van der Waals surface area (Å²) in [6, 6.07) is 6.29. The first-order valence-electron chi connectivity index (χ1n) is 8.31. The lowest BCUT2D eigenvalue weighted by molar-refractivity contribution is -0.207. The maximum absolute atomic E-state index is 12.6. The number of nitrogens with one attached hydrogen (secondary N) is 1. The van der Waals surface area contributed by atoms with Gasteiger partial charge in [-0.3, -0.25) is 5.32 Å². The lowest BCUT2D eigenvalue weighted by atomic mass is 9.91. The van der Waals surface area contributed by atoms with Crippen LogP contribution in [-0.4, -0.2) is 23.7 Å². The van der Waals surface area contributed by atoms with E-state index >= 15 is 0 Å². The Morgan fingerprint density at radius 2 is 1.76 bits per heavy atom. The Balaban J connectivity index is 1.84. The van der Waals surface area contributed by atoms with Gasteiger partial charge in [0, 0.05) is 12.1 Å². The van der Waals surface area contributed by atoms with Gasteiger partial charge in [0.2, 0.25) is 0 Å². The SMILES string of the molecule is CC1CNC(OC(=O)C(F)(F)F)c2cc(Oc3ccc(C(F)(F)F)nc3)ccc21. The number of halogens is 6. The molecule has 0 radical (unpaired) electrons. The van der Waals surface area contributed by atoms with E-state index in [9.17, 15) is 31.1 Å². The number of nitrogens with zero attached hydrogens (tertiary/aromatic N) is 1. The zero-order valence-electron chi connectivity index (χ0n) is 14.8. The van der Waals surface area contributed by atoms with E-state index in [-0.39, 0.29) is 29.5 Å². The smallest absolute Gasteiger partial charge is 0.456 e. The lowest BCUT2D eigenvalue weighted by Crippen LogP contribution is -2.38. The number of alkyl halides is 6. The van der Waals surface area contributed by atoms with Crippen LogP contribution in [0.3, 0.4) is 0 Å². The lowest BCUT2D eigenvalue weighted by Gasteiger charge is -2.31. The zero-order chi connectivity index (χ0) is 21.4. The molecule has 156 valence electrons. The molecule has 1 aromatic carbocycles. The summed E-state index contributed by atoms with van der Waals surface area (Å²) in [5.41, 5.74) is -0.173. The van der Waals surface area contributed by atoms with Crippen molar-refractivity contribution >= 4 is 5.97 Å². The Hall–Kier alpha value is -2.82. The zero-order valence-corrected chi connectivity index (χ0v) is 14.8. The minimum absolute atomic E-state index is 0.00129. The number of esters is 1. The molecular formula is C18H14F6N2O3. The highest BCUT2D eigenvalue weighted by Gasteiger charge is 2.43. The molecule has 0 saturated heterocycles. The van der Waals surface area contributed by atoms with Gasteiger partial charge >= 0.3 is 18.3 Å². The van der Waals surface area contributed by atoms with Crippen LogP contribution in [0.5, 0.6) is 11.5 Å². The molecule has 3 rings (SSSR count). The van der Waals surface area contributed by atoms with E-state index < -0.39 is 30.2 Å². The Morgan fingerprint density at radius 3 is 2.34 bits per heavy atom. The number of hydrogen-bond acceptors (Lipinski definition) is 5. The minimum Gasteiger partial charge on any atom is -0.456 e. The van der Waals surface area contributed by atoms with Crippen molar-refractivity contribution in [3.05, 3.63) is 53.3 Å². The normalized spacial score (nSPS) is 19.4. The summed E-state index contributed by atoms with van der Waals surface area (Å²) >= 11 is 0. The highest BCUT2D eigenvalue weighted by Crippen LogP contribution is 2.36. The molecule has 0 bridgehead atoms. The first-order chi connectivity index (χ1) is 13.4. The Morgan fingerprint density at radius 1 is 1.07 bits per heavy atom. The number of pyridine rings is 1. The Kier molecular flexibility index (Phi) is 5.44. The van der Waals surface area contributed by atoms with Gasteiger partial charge in [-0.25, -0.2) is 9.78 Å². The quantitative estimate of drug-likeness (QED) is 0.576. The van der Waals surface area contributed by atoms with E-state index in [1.54, 1.807) is 6.07 Å². The molecule has 0 fully saturated rings. The van der Waals surface area contributed by atoms with Crippen LogP contribution in [0.15, 0.2) is 36.5 Å². The highest BCUT2D eigenvalue weighted by atomic mass is 19.4. The minimum atomic E-state index is -5.15. The summed E-state index contributed by atoms with van der Waals surface area (Å²) in [5, 5.41) is 2.71. The maximum Gasteiger partial charge on any atom is 0.490 e. The number of hydrogen-bond donors (Lipinski definition) is 1. The molecule has 5 nitrogen and oxygen atoms in total. The number of carbonyl (C=O) groups excluding carboxylic acids is 1. The van der Waals surface area contributed by atoms with E-state index in [1.165, 1.54) is 12.1 Å². The van der Waals surface area contributed by atoms with E-state index in [4.69, 9.17) is 4.74 Å². The first-order valence-corrected chi connectivity index (χ1v) is 8.31. The molecule has 29 heavy (non-hydrogen) atoms. The standard InChI is InChI=1S/C18H14F6N2O3/c1-9-7-26-15(29-16(27)18(22,23)24)13-6-10(2-4-12(9)13)28-11-3-5-14(25-8-11)17(19,20)21/h2-6,8-9,15,26H,7H2,1H3. The first kappa shape index (κ1) is 20.9. The predicted molar refractivity (Wildman–Crippen MR) is 87.1 cm³/mol. The molecular weight excluding hydrogens is 406 g/mol. The van der Waals surface area contributed by atoms with Gasteiger partial charge in [0.1, 0.15) is 17.2 Å². The molecule has 2 aromatic rings. The average Bonchev–Trinajstić information content (AvgIpc) is 2.63. The van der Waals surface area contributed by atoms with Crippen molar-refractivity contribution in [2.45, 2.75) is 31.4 Å². The highest BCUT2D eigenvalue weighted by molar-refractivity contribution is 5.76. The van der Waals surface area contributed by atoms with Crippen LogP contribution in [0.1, 0.15) is 35.9 Å². The summed E-state index contributed by atoms with van der Waals surface area (Å²) in [4.78, 5) is 14.5. The fourth-order valence-corrected chi connectivity index (χ4v) is 2.82. The topological polar surface area (TPSA) is 60.5 Å². The van der Waals surface area contributed by atoms with Gasteiger partial charge in [0.15, 0.2) is 6.23 Å². The molecule has 1 aromatic heterocycles. The summed E-state index contributed by atoms with van der Waals surface area (Å²) in [5.74, 6) is -2.28. The van der Waals surface area contributed by atoms with Crippen LogP contribution < -0.4 is 10.1 Å². The second-order valence-corrected chi connectivity index (χ2v) is 6.36. The number of fused-ring (bicyclic) bond motifs is 1. The molecule has 0 amide bonds. The number of carbonyl (C=O) groups is 1. The summed E-state index contributed by atoms with van der Waals surface area (Å²) in [6.45, 7) is 2.11. The third-order valence-corrected chi connectivity index (χ3v) is 4.20. The maximum atomic E-state index is 12.6. The second-order valence-electron chi connectivity index (χ2n) is 6.36. The molecule has 0 saturated carbocycles. The molecule has 0 aliphatic carbocycles. The molecule has 1 aliphatic heterocycles. The van der Waals surface area contributed by atoms with Gasteiger partial charge in [-0.1, -0.05) is 13.0 Å². The van der Waals surface area contributed by atoms with Crippen LogP contribution in [0.25, 0.3) is 0 Å². The second kappa shape index (κ2) is 7.54. The largest absolute Gasteiger partial charge is 0.490 e. The summed E-state index contributed by atoms with van der Waals surface area (Å²) in [7, 11) is 0. The Bertz CT molecular complexity index is 896. The monoisotopic (exact) mass is 420 g/mol. The van der Waals surface area contributed by atoms with Gasteiger partial charge in [-0.05, 0) is 35.7 Å². The third-order valence-electron chi connectivity index (χ3n) is 4.20. The average molecular weight is 420 g/mol. The van der Waals surface area contributed by atoms with Crippen LogP contribution in [0.2, 0.25) is 0 Å². The van der Waals surface area contributed by atoms with Crippen molar-refractivity contribution < 1.29 is 40.6 Å². The molecule has 1 aliphatic rings. The van der Waals surface area contributed by atoms with Crippen LogP contribution >= 0.6 is 0 Å². The van der Waals surface area contributed by atoms with Crippen molar-refractivity contribution in [3.8, 4) is 11.5 Å². The third kappa shape index (κ3) is 4.78. The van der Waals surface area contributed by atoms with Crippen LogP contribution in [0, 0.1) is 0 Å². The van der Waals surface area contributed by atoms with Crippen molar-refractivity contribution in [3.63, 3.8) is 0 Å². The van der Waals surface area contributed by atoms with Crippen molar-refractivity contribution in [2.24, 2.45) is 0 Å². The van der Waals surface area contributed by atoms with E-state index in [0.29, 0.717) is 5.56 Å². The number of benzene rings is 1. The number of aromatic nitrogens is 1. The number of rotatable bonds is 3. The van der Waals surface area contributed by atoms with Gasteiger partial charge in [-0.2, -0.15) is 26.3 Å². The van der Waals surface area contributed by atoms with Crippen molar-refractivity contribution in [1.29, 1.82) is 0 Å².